The minimum atomic E-state index is -0.755. The second kappa shape index (κ2) is 10.4. The number of benzene rings is 1. The Morgan fingerprint density at radius 2 is 1.63 bits per heavy atom. The molecule has 0 radical (unpaired) electrons. The SMILES string of the molecule is CCOCN(C=C(C(=O)OCC)C(=O)OCC)c1ccc2c(c1)OCCO2. The molecule has 0 bridgehead atoms. The van der Waals surface area contributed by atoms with Gasteiger partial charge >= 0.3 is 11.9 Å². The average Bonchev–Trinajstić information content (AvgIpc) is 2.68. The van der Waals surface area contributed by atoms with E-state index in [1.54, 1.807) is 36.9 Å². The number of nitrogens with zero attached hydrogens (tertiary/aromatic N) is 1. The maximum atomic E-state index is 12.2. The summed E-state index contributed by atoms with van der Waals surface area (Å²) in [6.45, 7) is 7.00. The molecule has 0 saturated heterocycles. The van der Waals surface area contributed by atoms with Crippen LogP contribution in [0.3, 0.4) is 0 Å². The molecule has 0 atom stereocenters. The van der Waals surface area contributed by atoms with Crippen molar-refractivity contribution in [3.63, 3.8) is 0 Å². The third-order valence-electron chi connectivity index (χ3n) is 3.57. The van der Waals surface area contributed by atoms with Crippen LogP contribution in [-0.4, -0.2) is 51.7 Å². The number of rotatable bonds is 9. The van der Waals surface area contributed by atoms with Gasteiger partial charge in [0.25, 0.3) is 0 Å². The summed E-state index contributed by atoms with van der Waals surface area (Å²) in [5.41, 5.74) is 0.451. The molecule has 1 aliphatic rings. The number of ether oxygens (including phenoxy) is 5. The van der Waals surface area contributed by atoms with Crippen LogP contribution in [0.25, 0.3) is 0 Å². The Bertz CT molecular complexity index is 667. The van der Waals surface area contributed by atoms with E-state index in [1.807, 2.05) is 6.92 Å². The molecule has 1 heterocycles. The normalized spacial score (nSPS) is 12.1. The lowest BCUT2D eigenvalue weighted by Crippen LogP contribution is -2.26. The van der Waals surface area contributed by atoms with Gasteiger partial charge in [0, 0.05) is 24.6 Å². The Morgan fingerprint density at radius 3 is 2.22 bits per heavy atom. The Kier molecular flexibility index (Phi) is 7.94. The molecule has 1 aliphatic heterocycles. The van der Waals surface area contributed by atoms with Crippen LogP contribution in [0.15, 0.2) is 30.0 Å². The molecule has 0 saturated carbocycles. The van der Waals surface area contributed by atoms with Crippen LogP contribution in [-0.2, 0) is 23.8 Å². The number of hydrogen-bond acceptors (Lipinski definition) is 8. The molecule has 2 rings (SSSR count). The summed E-state index contributed by atoms with van der Waals surface area (Å²) in [7, 11) is 0. The van der Waals surface area contributed by atoms with Gasteiger partial charge in [0.2, 0.25) is 0 Å². The van der Waals surface area contributed by atoms with E-state index >= 15 is 0 Å². The summed E-state index contributed by atoms with van der Waals surface area (Å²) in [6.07, 6.45) is 1.37. The number of anilines is 1. The fraction of sp³-hybridized carbons (Fsp3) is 0.474. The van der Waals surface area contributed by atoms with Crippen molar-refractivity contribution in [1.82, 2.24) is 0 Å². The van der Waals surface area contributed by atoms with Gasteiger partial charge < -0.3 is 28.6 Å². The van der Waals surface area contributed by atoms with Crippen LogP contribution in [0.2, 0.25) is 0 Å². The van der Waals surface area contributed by atoms with Crippen molar-refractivity contribution in [3.05, 3.63) is 30.0 Å². The third kappa shape index (κ3) is 5.62. The molecule has 1 aromatic carbocycles. The Hall–Kier alpha value is -2.74. The molecule has 8 nitrogen and oxygen atoms in total. The Labute approximate surface area is 158 Å². The number of carbonyl (C=O) groups is 2. The van der Waals surface area contributed by atoms with E-state index in [2.05, 4.69) is 0 Å². The lowest BCUT2D eigenvalue weighted by atomic mass is 10.2. The van der Waals surface area contributed by atoms with E-state index in [9.17, 15) is 9.59 Å². The van der Waals surface area contributed by atoms with E-state index in [0.29, 0.717) is 37.0 Å². The third-order valence-corrected chi connectivity index (χ3v) is 3.57. The maximum absolute atomic E-state index is 12.2. The van der Waals surface area contributed by atoms with Crippen molar-refractivity contribution in [2.45, 2.75) is 20.8 Å². The minimum Gasteiger partial charge on any atom is -0.486 e. The highest BCUT2D eigenvalue weighted by Crippen LogP contribution is 2.34. The second-order valence-corrected chi connectivity index (χ2v) is 5.40. The van der Waals surface area contributed by atoms with Crippen LogP contribution in [0, 0.1) is 0 Å². The van der Waals surface area contributed by atoms with Crippen molar-refractivity contribution >= 4 is 17.6 Å². The van der Waals surface area contributed by atoms with Crippen LogP contribution in [0.1, 0.15) is 20.8 Å². The van der Waals surface area contributed by atoms with E-state index < -0.39 is 11.9 Å². The molecule has 0 aliphatic carbocycles. The molecular weight excluding hydrogens is 354 g/mol. The summed E-state index contributed by atoms with van der Waals surface area (Å²) >= 11 is 0. The van der Waals surface area contributed by atoms with Gasteiger partial charge in [-0.2, -0.15) is 0 Å². The lowest BCUT2D eigenvalue weighted by molar-refractivity contribution is -0.146. The first-order chi connectivity index (χ1) is 13.1. The van der Waals surface area contributed by atoms with E-state index in [-0.39, 0.29) is 25.5 Å². The van der Waals surface area contributed by atoms with E-state index in [4.69, 9.17) is 23.7 Å². The molecule has 0 amide bonds. The molecule has 0 aromatic heterocycles. The van der Waals surface area contributed by atoms with Crippen LogP contribution < -0.4 is 14.4 Å². The van der Waals surface area contributed by atoms with Crippen molar-refractivity contribution in [2.75, 3.05) is 44.7 Å². The number of carbonyl (C=O) groups excluding carboxylic acids is 2. The fourth-order valence-electron chi connectivity index (χ4n) is 2.35. The summed E-state index contributed by atoms with van der Waals surface area (Å²) in [4.78, 5) is 26.1. The van der Waals surface area contributed by atoms with Gasteiger partial charge in [0.05, 0.1) is 13.2 Å². The Balaban J connectivity index is 2.38. The predicted molar refractivity (Wildman–Crippen MR) is 97.8 cm³/mol. The number of hydrogen-bond donors (Lipinski definition) is 0. The minimum absolute atomic E-state index is 0.123. The van der Waals surface area contributed by atoms with E-state index in [0.717, 1.165) is 0 Å². The zero-order valence-corrected chi connectivity index (χ0v) is 15.9. The van der Waals surface area contributed by atoms with Gasteiger partial charge in [-0.1, -0.05) is 0 Å². The van der Waals surface area contributed by atoms with Gasteiger partial charge in [-0.25, -0.2) is 9.59 Å². The molecule has 148 valence electrons. The summed E-state index contributed by atoms with van der Waals surface area (Å²) in [5.74, 6) is -0.284. The molecule has 0 spiro atoms. The highest BCUT2D eigenvalue weighted by atomic mass is 16.6. The largest absolute Gasteiger partial charge is 0.486 e. The first-order valence-electron chi connectivity index (χ1n) is 8.90. The number of fused-ring (bicyclic) bond motifs is 1. The zero-order chi connectivity index (χ0) is 19.6. The summed E-state index contributed by atoms with van der Waals surface area (Å²) < 4.78 is 26.6. The zero-order valence-electron chi connectivity index (χ0n) is 15.9. The average molecular weight is 379 g/mol. The van der Waals surface area contributed by atoms with Gasteiger partial charge in [-0.3, -0.25) is 0 Å². The Morgan fingerprint density at radius 1 is 1.00 bits per heavy atom. The molecule has 0 fully saturated rings. The smallest absolute Gasteiger partial charge is 0.347 e. The van der Waals surface area contributed by atoms with E-state index in [1.165, 1.54) is 6.20 Å². The standard InChI is InChI=1S/C19H25NO7/c1-4-23-13-20(12-15(18(21)24-5-2)19(22)25-6-3)14-7-8-16-17(11-14)27-10-9-26-16/h7-8,11-12H,4-6,9-10,13H2,1-3H3. The maximum Gasteiger partial charge on any atom is 0.347 e. The molecule has 0 unspecified atom stereocenters. The lowest BCUT2D eigenvalue weighted by Gasteiger charge is -2.24. The monoisotopic (exact) mass is 379 g/mol. The van der Waals surface area contributed by atoms with Gasteiger partial charge in [0.15, 0.2) is 17.1 Å². The van der Waals surface area contributed by atoms with Crippen LogP contribution >= 0.6 is 0 Å². The summed E-state index contributed by atoms with van der Waals surface area (Å²) in [5, 5.41) is 0. The molecule has 27 heavy (non-hydrogen) atoms. The molecule has 1 aromatic rings. The van der Waals surface area contributed by atoms with Crippen molar-refractivity contribution in [1.29, 1.82) is 0 Å². The number of esters is 2. The summed E-state index contributed by atoms with van der Waals surface area (Å²) in [6, 6.07) is 5.32. The van der Waals surface area contributed by atoms with Gasteiger partial charge in [-0.05, 0) is 32.9 Å². The molecular formula is C19H25NO7. The van der Waals surface area contributed by atoms with Crippen molar-refractivity contribution in [3.8, 4) is 11.5 Å². The quantitative estimate of drug-likeness (QED) is 0.212. The fourth-order valence-corrected chi connectivity index (χ4v) is 2.35. The second-order valence-electron chi connectivity index (χ2n) is 5.40. The highest BCUT2D eigenvalue weighted by molar-refractivity contribution is 6.14. The topological polar surface area (TPSA) is 83.5 Å². The van der Waals surface area contributed by atoms with Gasteiger partial charge in [0.1, 0.15) is 19.9 Å². The van der Waals surface area contributed by atoms with Crippen LogP contribution in [0.4, 0.5) is 5.69 Å². The first-order valence-corrected chi connectivity index (χ1v) is 8.90. The molecule has 8 heteroatoms. The van der Waals surface area contributed by atoms with Gasteiger partial charge in [-0.15, -0.1) is 0 Å². The highest BCUT2D eigenvalue weighted by Gasteiger charge is 2.23. The van der Waals surface area contributed by atoms with Crippen molar-refractivity contribution < 1.29 is 33.3 Å². The first kappa shape index (κ1) is 20.6. The van der Waals surface area contributed by atoms with Crippen molar-refractivity contribution in [2.24, 2.45) is 0 Å². The predicted octanol–water partition coefficient (Wildman–Crippen LogP) is 2.27. The van der Waals surface area contributed by atoms with Crippen LogP contribution in [0.5, 0.6) is 11.5 Å². The molecule has 0 N–H and O–H groups in total.